The summed E-state index contributed by atoms with van der Waals surface area (Å²) in [5.74, 6) is 0. The quantitative estimate of drug-likeness (QED) is 0.191. The molecule has 0 bridgehead atoms. The Balaban J connectivity index is 1.31. The largest absolute Gasteiger partial charge is 0.456 e. The Morgan fingerprint density at radius 1 is 0.400 bits per heavy atom. The molecule has 0 fully saturated rings. The highest BCUT2D eigenvalue weighted by molar-refractivity contribution is 6.28. The van der Waals surface area contributed by atoms with Crippen molar-refractivity contribution in [3.63, 3.8) is 0 Å². The molecule has 0 N–H and O–H groups in total. The smallest absolute Gasteiger partial charge is 0.136 e. The Kier molecular flexibility index (Phi) is 5.53. The highest BCUT2D eigenvalue weighted by Gasteiger charge is 2.20. The molecule has 0 spiro atoms. The number of hydrogen-bond acceptors (Lipinski definition) is 1. The van der Waals surface area contributed by atoms with Crippen molar-refractivity contribution < 1.29 is 4.42 Å². The molecule has 9 aromatic rings. The first-order chi connectivity index (χ1) is 21.9. The van der Waals surface area contributed by atoms with E-state index < -0.39 is 0 Å². The van der Waals surface area contributed by atoms with Crippen LogP contribution in [0.4, 0.5) is 0 Å². The summed E-state index contributed by atoms with van der Waals surface area (Å²) in [6, 6.07) is 51.0. The molecule has 9 rings (SSSR count). The minimum Gasteiger partial charge on any atom is -0.456 e. The van der Waals surface area contributed by atoms with Crippen LogP contribution in [-0.2, 0) is 5.41 Å². The van der Waals surface area contributed by atoms with E-state index in [2.05, 4.69) is 160 Å². The number of rotatable bonds is 3. The van der Waals surface area contributed by atoms with E-state index in [0.29, 0.717) is 0 Å². The van der Waals surface area contributed by atoms with Gasteiger partial charge in [0.1, 0.15) is 11.2 Å². The lowest BCUT2D eigenvalue weighted by atomic mass is 9.81. The summed E-state index contributed by atoms with van der Waals surface area (Å²) in [5.41, 5.74) is 10.5. The second-order valence-corrected chi connectivity index (χ2v) is 13.4. The van der Waals surface area contributed by atoms with Crippen molar-refractivity contribution in [3.8, 4) is 33.4 Å². The zero-order valence-electron chi connectivity index (χ0n) is 25.7. The zero-order chi connectivity index (χ0) is 30.3. The first-order valence-electron chi connectivity index (χ1n) is 15.8. The summed E-state index contributed by atoms with van der Waals surface area (Å²) in [4.78, 5) is 0. The van der Waals surface area contributed by atoms with Gasteiger partial charge in [-0.1, -0.05) is 130 Å². The van der Waals surface area contributed by atoms with E-state index in [1.165, 1.54) is 60.1 Å². The Morgan fingerprint density at radius 3 is 1.51 bits per heavy atom. The van der Waals surface area contributed by atoms with Crippen LogP contribution >= 0.6 is 0 Å². The molecule has 45 heavy (non-hydrogen) atoms. The summed E-state index contributed by atoms with van der Waals surface area (Å²) < 4.78 is 6.56. The Morgan fingerprint density at radius 2 is 0.911 bits per heavy atom. The first-order valence-corrected chi connectivity index (χ1v) is 15.8. The molecule has 0 aliphatic heterocycles. The van der Waals surface area contributed by atoms with Crippen LogP contribution in [0.5, 0.6) is 0 Å². The summed E-state index contributed by atoms with van der Waals surface area (Å²) in [6.45, 7) is 6.88. The fourth-order valence-electron chi connectivity index (χ4n) is 7.20. The number of benzene rings is 8. The molecule has 0 saturated carbocycles. The highest BCUT2D eigenvalue weighted by Crippen LogP contribution is 2.46. The van der Waals surface area contributed by atoms with E-state index in [9.17, 15) is 0 Å². The molecule has 0 atom stereocenters. The summed E-state index contributed by atoms with van der Waals surface area (Å²) in [7, 11) is 0. The normalized spacial score (nSPS) is 12.3. The van der Waals surface area contributed by atoms with Crippen LogP contribution in [0.3, 0.4) is 0 Å². The molecule has 0 saturated heterocycles. The SMILES string of the molecule is CC(C)(C)c1cc2ccc3c(-c4ccccc4)cc(-c4ccc5c(c4)oc4cc(-c6ccccc6)ccc45)c4ccc(c1)c2c34. The fraction of sp³-hybridized carbons (Fsp3) is 0.0909. The number of furan rings is 1. The van der Waals surface area contributed by atoms with E-state index in [1.807, 2.05) is 0 Å². The predicted molar refractivity (Wildman–Crippen MR) is 192 cm³/mol. The molecule has 0 radical (unpaired) electrons. The molecule has 8 aromatic carbocycles. The second kappa shape index (κ2) is 9.55. The third kappa shape index (κ3) is 4.08. The lowest BCUT2D eigenvalue weighted by Crippen LogP contribution is -2.10. The third-order valence-corrected chi connectivity index (χ3v) is 9.56. The Hall–Kier alpha value is -5.40. The minimum absolute atomic E-state index is 0.0780. The van der Waals surface area contributed by atoms with Gasteiger partial charge in [0.15, 0.2) is 0 Å². The van der Waals surface area contributed by atoms with Gasteiger partial charge in [-0.2, -0.15) is 0 Å². The lowest BCUT2D eigenvalue weighted by Gasteiger charge is -2.23. The van der Waals surface area contributed by atoms with Crippen molar-refractivity contribution in [2.24, 2.45) is 0 Å². The second-order valence-electron chi connectivity index (χ2n) is 13.4. The summed E-state index contributed by atoms with van der Waals surface area (Å²) >= 11 is 0. The van der Waals surface area contributed by atoms with E-state index in [0.717, 1.165) is 33.1 Å². The van der Waals surface area contributed by atoms with Crippen LogP contribution in [-0.4, -0.2) is 0 Å². The molecule has 0 aliphatic rings. The van der Waals surface area contributed by atoms with Crippen molar-refractivity contribution >= 4 is 54.3 Å². The van der Waals surface area contributed by atoms with Gasteiger partial charge in [0.25, 0.3) is 0 Å². The minimum atomic E-state index is 0.0780. The monoisotopic (exact) mass is 576 g/mol. The molecule has 0 amide bonds. The van der Waals surface area contributed by atoms with Crippen molar-refractivity contribution in [1.29, 1.82) is 0 Å². The van der Waals surface area contributed by atoms with Gasteiger partial charge in [-0.05, 0) is 107 Å². The average Bonchev–Trinajstić information content (AvgIpc) is 3.44. The van der Waals surface area contributed by atoms with Crippen LogP contribution < -0.4 is 0 Å². The van der Waals surface area contributed by atoms with Gasteiger partial charge < -0.3 is 4.42 Å². The molecule has 1 heterocycles. The summed E-state index contributed by atoms with van der Waals surface area (Å²) in [6.07, 6.45) is 0. The van der Waals surface area contributed by atoms with Crippen LogP contribution in [0.1, 0.15) is 26.3 Å². The van der Waals surface area contributed by atoms with Gasteiger partial charge in [0, 0.05) is 10.8 Å². The van der Waals surface area contributed by atoms with Crippen LogP contribution in [0.25, 0.3) is 87.6 Å². The topological polar surface area (TPSA) is 13.1 Å². The molecule has 0 aliphatic carbocycles. The van der Waals surface area contributed by atoms with E-state index in [1.54, 1.807) is 0 Å². The van der Waals surface area contributed by atoms with Crippen molar-refractivity contribution in [3.05, 3.63) is 145 Å². The molecule has 1 aromatic heterocycles. The van der Waals surface area contributed by atoms with Crippen LogP contribution in [0.2, 0.25) is 0 Å². The first kappa shape index (κ1) is 26.0. The van der Waals surface area contributed by atoms with Gasteiger partial charge in [0.2, 0.25) is 0 Å². The van der Waals surface area contributed by atoms with Gasteiger partial charge >= 0.3 is 0 Å². The molecular formula is C44H32O. The predicted octanol–water partition coefficient (Wildman–Crippen LogP) is 12.8. The number of fused-ring (bicyclic) bond motifs is 3. The van der Waals surface area contributed by atoms with Crippen molar-refractivity contribution in [1.82, 2.24) is 0 Å². The maximum absolute atomic E-state index is 6.56. The van der Waals surface area contributed by atoms with E-state index >= 15 is 0 Å². The Bertz CT molecular complexity index is 2530. The number of hydrogen-bond donors (Lipinski definition) is 0. The van der Waals surface area contributed by atoms with Gasteiger partial charge in [0.05, 0.1) is 0 Å². The molecule has 214 valence electrons. The molecule has 1 heteroatoms. The van der Waals surface area contributed by atoms with Crippen LogP contribution in [0, 0.1) is 0 Å². The molecule has 0 unspecified atom stereocenters. The van der Waals surface area contributed by atoms with Crippen LogP contribution in [0.15, 0.2) is 144 Å². The van der Waals surface area contributed by atoms with E-state index in [4.69, 9.17) is 4.42 Å². The Labute approximate surface area is 262 Å². The lowest BCUT2D eigenvalue weighted by molar-refractivity contribution is 0.591. The van der Waals surface area contributed by atoms with Gasteiger partial charge in [-0.3, -0.25) is 0 Å². The molecule has 1 nitrogen and oxygen atoms in total. The fourth-order valence-corrected chi connectivity index (χ4v) is 7.20. The maximum Gasteiger partial charge on any atom is 0.136 e. The van der Waals surface area contributed by atoms with Crippen molar-refractivity contribution in [2.75, 3.05) is 0 Å². The third-order valence-electron chi connectivity index (χ3n) is 9.56. The average molecular weight is 577 g/mol. The van der Waals surface area contributed by atoms with E-state index in [-0.39, 0.29) is 5.41 Å². The highest BCUT2D eigenvalue weighted by atomic mass is 16.3. The summed E-state index contributed by atoms with van der Waals surface area (Å²) in [5, 5.41) is 10.1. The van der Waals surface area contributed by atoms with Gasteiger partial charge in [-0.15, -0.1) is 0 Å². The molecular weight excluding hydrogens is 544 g/mol. The van der Waals surface area contributed by atoms with Crippen molar-refractivity contribution in [2.45, 2.75) is 26.2 Å². The zero-order valence-corrected chi connectivity index (χ0v) is 25.7. The van der Waals surface area contributed by atoms with Gasteiger partial charge in [-0.25, -0.2) is 0 Å². The standard InChI is InChI=1S/C44H32O/c1-44(2,3)33-22-31-16-20-36-38(28-12-8-5-9-13-28)26-39(37-21-17-32(23-33)42(31)43(36)37)30-15-19-35-34-18-14-29(27-10-6-4-7-11-27)24-40(34)45-41(35)25-30/h4-26H,1-3H3. The maximum atomic E-state index is 6.56.